The molecule has 0 radical (unpaired) electrons. The molecule has 1 fully saturated rings. The van der Waals surface area contributed by atoms with Crippen molar-refractivity contribution in [1.29, 1.82) is 0 Å². The molecule has 2 N–H and O–H groups in total. The fourth-order valence-electron chi connectivity index (χ4n) is 3.12. The van der Waals surface area contributed by atoms with Gasteiger partial charge in [-0.05, 0) is 44.7 Å². The van der Waals surface area contributed by atoms with E-state index in [1.807, 2.05) is 19.1 Å². The molecule has 0 atom stereocenters. The maximum absolute atomic E-state index is 12.1. The Bertz CT molecular complexity index is 634. The van der Waals surface area contributed by atoms with E-state index >= 15 is 0 Å². The molecule has 1 saturated heterocycles. The molecule has 0 bridgehead atoms. The maximum Gasteiger partial charge on any atom is 0.227 e. The van der Waals surface area contributed by atoms with Crippen molar-refractivity contribution in [3.63, 3.8) is 0 Å². The molecule has 0 unspecified atom stereocenters. The zero-order chi connectivity index (χ0) is 20.9. The molecule has 1 aromatic heterocycles. The fraction of sp³-hybridized carbons (Fsp3) is 0.667. The van der Waals surface area contributed by atoms with Gasteiger partial charge in [-0.1, -0.05) is 6.07 Å². The van der Waals surface area contributed by atoms with Gasteiger partial charge in [0.05, 0.1) is 12.6 Å². The predicted octanol–water partition coefficient (Wildman–Crippen LogP) is 2.82. The Morgan fingerprint density at radius 3 is 2.70 bits per heavy atom. The molecule has 30 heavy (non-hydrogen) atoms. The van der Waals surface area contributed by atoms with Crippen LogP contribution >= 0.6 is 24.0 Å². The molecule has 0 saturated carbocycles. The summed E-state index contributed by atoms with van der Waals surface area (Å²) >= 11 is 0. The topological polar surface area (TPSA) is 88.1 Å². The summed E-state index contributed by atoms with van der Waals surface area (Å²) in [5.41, 5.74) is 1.06. The summed E-state index contributed by atoms with van der Waals surface area (Å²) in [6, 6.07) is 3.73. The van der Waals surface area contributed by atoms with Gasteiger partial charge in [0, 0.05) is 52.6 Å². The maximum atomic E-state index is 12.1. The van der Waals surface area contributed by atoms with Crippen molar-refractivity contribution >= 4 is 41.7 Å². The van der Waals surface area contributed by atoms with Crippen LogP contribution in [-0.4, -0.2) is 74.4 Å². The van der Waals surface area contributed by atoms with Crippen LogP contribution in [0.2, 0.25) is 0 Å². The van der Waals surface area contributed by atoms with E-state index in [1.165, 1.54) is 0 Å². The van der Waals surface area contributed by atoms with Crippen LogP contribution in [0.1, 0.15) is 38.2 Å². The van der Waals surface area contributed by atoms with Crippen LogP contribution in [0, 0.1) is 6.92 Å². The number of nitrogens with one attached hydrogen (secondary N) is 2. The molecule has 1 amide bonds. The predicted molar refractivity (Wildman–Crippen MR) is 131 cm³/mol. The Morgan fingerprint density at radius 1 is 1.30 bits per heavy atom. The second-order valence-corrected chi connectivity index (χ2v) is 7.16. The van der Waals surface area contributed by atoms with E-state index < -0.39 is 0 Å². The SMILES string of the molecule is CCNC(=NCCC(=O)Nc1ccc(C)cn1)N1CCC(OCCCOC)CC1.I. The average Bonchev–Trinajstić information content (AvgIpc) is 2.73. The highest BCUT2D eigenvalue weighted by atomic mass is 127. The number of aromatic nitrogens is 1. The van der Waals surface area contributed by atoms with Crippen LogP contribution in [0.4, 0.5) is 5.82 Å². The first-order chi connectivity index (χ1) is 14.1. The number of methoxy groups -OCH3 is 1. The van der Waals surface area contributed by atoms with Crippen LogP contribution in [-0.2, 0) is 14.3 Å². The van der Waals surface area contributed by atoms with Crippen molar-refractivity contribution < 1.29 is 14.3 Å². The minimum absolute atomic E-state index is 0. The van der Waals surface area contributed by atoms with Crippen molar-refractivity contribution in [2.24, 2.45) is 4.99 Å². The second kappa shape index (κ2) is 15.4. The molecule has 2 heterocycles. The van der Waals surface area contributed by atoms with Gasteiger partial charge < -0.3 is 25.0 Å². The Balaban J connectivity index is 0.00000450. The Kier molecular flexibility index (Phi) is 13.6. The van der Waals surface area contributed by atoms with Gasteiger partial charge in [-0.3, -0.25) is 9.79 Å². The molecular weight excluding hydrogens is 497 g/mol. The summed E-state index contributed by atoms with van der Waals surface area (Å²) in [6.45, 7) is 8.55. The van der Waals surface area contributed by atoms with Crippen molar-refractivity contribution in [3.05, 3.63) is 23.9 Å². The molecule has 1 aromatic rings. The number of hydrogen-bond acceptors (Lipinski definition) is 5. The first-order valence-electron chi connectivity index (χ1n) is 10.5. The minimum atomic E-state index is -0.0795. The molecule has 8 nitrogen and oxygen atoms in total. The minimum Gasteiger partial charge on any atom is -0.385 e. The quantitative estimate of drug-likeness (QED) is 0.208. The van der Waals surface area contributed by atoms with Gasteiger partial charge in [0.15, 0.2) is 5.96 Å². The lowest BCUT2D eigenvalue weighted by Gasteiger charge is -2.34. The largest absolute Gasteiger partial charge is 0.385 e. The number of hydrogen-bond donors (Lipinski definition) is 2. The van der Waals surface area contributed by atoms with Crippen LogP contribution in [0.25, 0.3) is 0 Å². The van der Waals surface area contributed by atoms with Gasteiger partial charge in [-0.15, -0.1) is 24.0 Å². The Morgan fingerprint density at radius 2 is 2.07 bits per heavy atom. The van der Waals surface area contributed by atoms with Crippen LogP contribution in [0.15, 0.2) is 23.3 Å². The standard InChI is InChI=1S/C21H35N5O3.HI/c1-4-22-21(26-12-9-18(10-13-26)29-15-5-14-28-3)23-11-8-20(27)25-19-7-6-17(2)16-24-19;/h6-7,16,18H,4-5,8-15H2,1-3H3,(H,22,23)(H,24,25,27);1H. The smallest absolute Gasteiger partial charge is 0.227 e. The molecule has 170 valence electrons. The number of nitrogens with zero attached hydrogens (tertiary/aromatic N) is 3. The number of amides is 1. The van der Waals surface area contributed by atoms with E-state index in [4.69, 9.17) is 9.47 Å². The number of guanidine groups is 1. The number of anilines is 1. The van der Waals surface area contributed by atoms with Gasteiger partial charge in [0.1, 0.15) is 5.82 Å². The van der Waals surface area contributed by atoms with Crippen molar-refractivity contribution in [2.45, 2.75) is 45.6 Å². The number of likely N-dealkylation sites (tertiary alicyclic amines) is 1. The number of aryl methyl sites for hydroxylation is 1. The summed E-state index contributed by atoms with van der Waals surface area (Å²) in [6.07, 6.45) is 5.26. The van der Waals surface area contributed by atoms with Crippen molar-refractivity contribution in [3.8, 4) is 0 Å². The number of rotatable bonds is 10. The highest BCUT2D eigenvalue weighted by Crippen LogP contribution is 2.14. The van der Waals surface area contributed by atoms with Gasteiger partial charge in [0.25, 0.3) is 0 Å². The zero-order valence-electron chi connectivity index (χ0n) is 18.4. The summed E-state index contributed by atoms with van der Waals surface area (Å²) in [7, 11) is 1.71. The normalized spacial score (nSPS) is 14.9. The second-order valence-electron chi connectivity index (χ2n) is 7.16. The van der Waals surface area contributed by atoms with E-state index in [0.29, 0.717) is 24.9 Å². The van der Waals surface area contributed by atoms with E-state index in [2.05, 4.69) is 32.4 Å². The summed E-state index contributed by atoms with van der Waals surface area (Å²) in [4.78, 5) is 23.2. The molecule has 0 aromatic carbocycles. The molecule has 0 aliphatic carbocycles. The molecule has 9 heteroatoms. The number of carbonyl (C=O) groups excluding carboxylic acids is 1. The first kappa shape index (κ1) is 26.6. The highest BCUT2D eigenvalue weighted by molar-refractivity contribution is 14.0. The molecule has 1 aliphatic rings. The molecule has 0 spiro atoms. The number of piperidine rings is 1. The highest BCUT2D eigenvalue weighted by Gasteiger charge is 2.21. The number of halogens is 1. The van der Waals surface area contributed by atoms with E-state index in [9.17, 15) is 4.79 Å². The lowest BCUT2D eigenvalue weighted by molar-refractivity contribution is -0.116. The summed E-state index contributed by atoms with van der Waals surface area (Å²) in [5, 5.41) is 6.14. The lowest BCUT2D eigenvalue weighted by Crippen LogP contribution is -2.47. The number of ether oxygens (including phenoxy) is 2. The van der Waals surface area contributed by atoms with Crippen molar-refractivity contribution in [2.75, 3.05) is 51.8 Å². The summed E-state index contributed by atoms with van der Waals surface area (Å²) < 4.78 is 11.0. The Labute approximate surface area is 197 Å². The van der Waals surface area contributed by atoms with Gasteiger partial charge in [-0.25, -0.2) is 4.98 Å². The average molecular weight is 533 g/mol. The van der Waals surface area contributed by atoms with Crippen LogP contribution in [0.3, 0.4) is 0 Å². The summed E-state index contributed by atoms with van der Waals surface area (Å²) in [5.74, 6) is 1.36. The van der Waals surface area contributed by atoms with Crippen molar-refractivity contribution in [1.82, 2.24) is 15.2 Å². The number of carbonyl (C=O) groups is 1. The first-order valence-corrected chi connectivity index (χ1v) is 10.5. The molecular formula is C21H36IN5O3. The third-order valence-electron chi connectivity index (χ3n) is 4.70. The molecule has 1 aliphatic heterocycles. The monoisotopic (exact) mass is 533 g/mol. The number of aliphatic imine (C=N–C) groups is 1. The van der Waals surface area contributed by atoms with Gasteiger partial charge >= 0.3 is 0 Å². The molecule has 2 rings (SSSR count). The fourth-order valence-corrected chi connectivity index (χ4v) is 3.12. The van der Waals surface area contributed by atoms with E-state index in [-0.39, 0.29) is 29.9 Å². The van der Waals surface area contributed by atoms with Crippen LogP contribution < -0.4 is 10.6 Å². The third-order valence-corrected chi connectivity index (χ3v) is 4.70. The van der Waals surface area contributed by atoms with Gasteiger partial charge in [0.2, 0.25) is 5.91 Å². The van der Waals surface area contributed by atoms with Gasteiger partial charge in [-0.2, -0.15) is 0 Å². The van der Waals surface area contributed by atoms with E-state index in [1.54, 1.807) is 13.3 Å². The van der Waals surface area contributed by atoms with Crippen LogP contribution in [0.5, 0.6) is 0 Å². The third kappa shape index (κ3) is 10.0. The Hall–Kier alpha value is -1.46. The van der Waals surface area contributed by atoms with E-state index in [0.717, 1.165) is 63.6 Å². The zero-order valence-corrected chi connectivity index (χ0v) is 20.7. The lowest BCUT2D eigenvalue weighted by atomic mass is 10.1. The number of pyridine rings is 1.